The molecule has 12 nitrogen and oxygen atoms in total. The Morgan fingerprint density at radius 3 is 2.82 bits per heavy atom. The molecule has 0 spiro atoms. The van der Waals surface area contributed by atoms with E-state index in [2.05, 4.69) is 25.1 Å². The van der Waals surface area contributed by atoms with Crippen LogP contribution in [0.5, 0.6) is 11.6 Å². The zero-order valence-corrected chi connectivity index (χ0v) is 20.7. The highest BCUT2D eigenvalue weighted by molar-refractivity contribution is 5.98. The van der Waals surface area contributed by atoms with Gasteiger partial charge >= 0.3 is 0 Å². The summed E-state index contributed by atoms with van der Waals surface area (Å²) in [5.74, 6) is 0.267. The fraction of sp³-hybridized carbons (Fsp3) is 0.320. The van der Waals surface area contributed by atoms with Gasteiger partial charge in [0.05, 0.1) is 18.6 Å². The summed E-state index contributed by atoms with van der Waals surface area (Å²) >= 11 is 0. The molecular weight excluding hydrogens is 493 g/mol. The van der Waals surface area contributed by atoms with Crippen molar-refractivity contribution >= 4 is 22.4 Å². The number of nitrogens with two attached hydrogens (primary N) is 1. The van der Waals surface area contributed by atoms with Crippen LogP contribution in [0.1, 0.15) is 11.4 Å². The Kier molecular flexibility index (Phi) is 6.21. The molecule has 38 heavy (non-hydrogen) atoms. The summed E-state index contributed by atoms with van der Waals surface area (Å²) in [5, 5.41) is 19.7. The van der Waals surface area contributed by atoms with E-state index in [1.165, 1.54) is 18.5 Å². The number of nitrogens with zero attached hydrogens (tertiary/aromatic N) is 8. The molecule has 0 amide bonds. The van der Waals surface area contributed by atoms with E-state index in [-0.39, 0.29) is 18.1 Å². The molecule has 5 heterocycles. The van der Waals surface area contributed by atoms with Crippen molar-refractivity contribution in [1.82, 2.24) is 39.2 Å². The van der Waals surface area contributed by atoms with Crippen LogP contribution >= 0.6 is 0 Å². The summed E-state index contributed by atoms with van der Waals surface area (Å²) < 4.78 is 29.0. The van der Waals surface area contributed by atoms with Gasteiger partial charge < -0.3 is 20.3 Å². The lowest BCUT2D eigenvalue weighted by Crippen LogP contribution is -2.38. The Bertz CT molecular complexity index is 1610. The summed E-state index contributed by atoms with van der Waals surface area (Å²) in [6, 6.07) is 5.65. The predicted octanol–water partition coefficient (Wildman–Crippen LogP) is 2.03. The lowest BCUT2D eigenvalue weighted by molar-refractivity contribution is 0.0320. The number of nitrogen functional groups attached to an aromatic ring is 1. The molecule has 0 saturated carbocycles. The van der Waals surface area contributed by atoms with Crippen LogP contribution < -0.4 is 10.5 Å². The topological polar surface area (TPSA) is 142 Å². The number of phenols is 1. The van der Waals surface area contributed by atoms with Gasteiger partial charge in [-0.2, -0.15) is 15.2 Å². The van der Waals surface area contributed by atoms with Crippen molar-refractivity contribution in [1.29, 1.82) is 0 Å². The van der Waals surface area contributed by atoms with Gasteiger partial charge in [0.2, 0.25) is 5.88 Å². The highest BCUT2D eigenvalue weighted by Gasteiger charge is 2.20. The van der Waals surface area contributed by atoms with Gasteiger partial charge in [0.25, 0.3) is 0 Å². The van der Waals surface area contributed by atoms with Crippen LogP contribution in [-0.2, 0) is 11.3 Å². The summed E-state index contributed by atoms with van der Waals surface area (Å²) in [4.78, 5) is 15.5. The fourth-order valence-electron chi connectivity index (χ4n) is 4.63. The Balaban J connectivity index is 1.35. The van der Waals surface area contributed by atoms with E-state index >= 15 is 0 Å². The smallest absolute Gasteiger partial charge is 0.242 e. The van der Waals surface area contributed by atoms with Crippen LogP contribution in [0.3, 0.4) is 0 Å². The SMILES string of the molecule is Cc1ccn2nc(Cn3nc(-c4cc(O)cc(F)c4)c4c(N)ncnc43)nc(OCCN3CCOCC3)c12. The van der Waals surface area contributed by atoms with Gasteiger partial charge in [-0.3, -0.25) is 4.90 Å². The normalized spacial score (nSPS) is 14.5. The van der Waals surface area contributed by atoms with Crippen LogP contribution in [0.15, 0.2) is 36.8 Å². The highest BCUT2D eigenvalue weighted by atomic mass is 19.1. The maximum Gasteiger partial charge on any atom is 0.242 e. The van der Waals surface area contributed by atoms with E-state index in [4.69, 9.17) is 20.2 Å². The Morgan fingerprint density at radius 1 is 1.16 bits per heavy atom. The standard InChI is InChI=1S/C25H26FN9O3/c1-15-2-3-34-22(15)25(38-9-6-33-4-7-37-8-5-33)30-19(31-34)13-35-24-20(23(27)28-14-29-24)21(32-35)16-10-17(26)12-18(36)11-16/h2-3,10-12,14,36H,4-9,13H2,1H3,(H2,27,28,29). The molecular formula is C25H26FN9O3. The second kappa shape index (κ2) is 9.84. The number of rotatable bonds is 7. The molecule has 1 aliphatic heterocycles. The molecule has 1 aliphatic rings. The second-order valence-corrected chi connectivity index (χ2v) is 9.09. The quantitative estimate of drug-likeness (QED) is 0.328. The predicted molar refractivity (Wildman–Crippen MR) is 136 cm³/mol. The van der Waals surface area contributed by atoms with E-state index in [1.54, 1.807) is 9.20 Å². The van der Waals surface area contributed by atoms with Gasteiger partial charge in [0, 0.05) is 37.5 Å². The van der Waals surface area contributed by atoms with E-state index in [0.717, 1.165) is 50.0 Å². The lowest BCUT2D eigenvalue weighted by Gasteiger charge is -2.26. The number of hydrogen-bond acceptors (Lipinski definition) is 10. The van der Waals surface area contributed by atoms with E-state index in [1.807, 2.05) is 19.2 Å². The number of phenolic OH excluding ortho intramolecular Hbond substituents is 1. The Morgan fingerprint density at radius 2 is 2.00 bits per heavy atom. The first kappa shape index (κ1) is 24.0. The number of benzene rings is 1. The average Bonchev–Trinajstić information content (AvgIpc) is 3.46. The molecule has 6 rings (SSSR count). The third-order valence-electron chi connectivity index (χ3n) is 6.48. The van der Waals surface area contributed by atoms with Crippen molar-refractivity contribution in [2.75, 3.05) is 45.2 Å². The average molecular weight is 520 g/mol. The van der Waals surface area contributed by atoms with Crippen molar-refractivity contribution in [3.63, 3.8) is 0 Å². The summed E-state index contributed by atoms with van der Waals surface area (Å²) in [7, 11) is 0. The number of fused-ring (bicyclic) bond motifs is 2. The number of aryl methyl sites for hydroxylation is 1. The van der Waals surface area contributed by atoms with Crippen LogP contribution in [0.25, 0.3) is 27.8 Å². The maximum absolute atomic E-state index is 14.1. The molecule has 0 bridgehead atoms. The Hall–Kier alpha value is -4.36. The number of hydrogen-bond donors (Lipinski definition) is 2. The number of aromatic nitrogens is 7. The molecule has 3 N–H and O–H groups in total. The summed E-state index contributed by atoms with van der Waals surface area (Å²) in [6.07, 6.45) is 3.19. The molecule has 1 aromatic carbocycles. The van der Waals surface area contributed by atoms with Crippen LogP contribution in [0, 0.1) is 12.7 Å². The molecule has 13 heteroatoms. The van der Waals surface area contributed by atoms with Gasteiger partial charge in [0.1, 0.15) is 48.1 Å². The number of ether oxygens (including phenoxy) is 2. The minimum absolute atomic E-state index is 0.140. The molecule has 196 valence electrons. The molecule has 0 atom stereocenters. The van der Waals surface area contributed by atoms with Crippen molar-refractivity contribution in [3.05, 3.63) is 54.0 Å². The number of halogens is 1. The van der Waals surface area contributed by atoms with Crippen molar-refractivity contribution in [3.8, 4) is 22.9 Å². The first-order valence-corrected chi connectivity index (χ1v) is 12.2. The molecule has 5 aromatic rings. The summed E-state index contributed by atoms with van der Waals surface area (Å²) in [6.45, 7) is 6.56. The number of anilines is 1. The van der Waals surface area contributed by atoms with Gasteiger partial charge in [-0.15, -0.1) is 0 Å². The third kappa shape index (κ3) is 4.57. The minimum atomic E-state index is -0.603. The molecule has 0 aliphatic carbocycles. The molecule has 1 fully saturated rings. The van der Waals surface area contributed by atoms with Crippen molar-refractivity contribution < 1.29 is 19.0 Å². The number of aromatic hydroxyl groups is 1. The first-order valence-electron chi connectivity index (χ1n) is 12.2. The lowest BCUT2D eigenvalue weighted by atomic mass is 10.1. The van der Waals surface area contributed by atoms with Crippen LogP contribution in [0.2, 0.25) is 0 Å². The zero-order chi connectivity index (χ0) is 26.2. The number of morpholine rings is 1. The van der Waals surface area contributed by atoms with Crippen molar-refractivity contribution in [2.24, 2.45) is 0 Å². The van der Waals surface area contributed by atoms with Gasteiger partial charge in [0.15, 0.2) is 11.5 Å². The largest absolute Gasteiger partial charge is 0.508 e. The molecule has 0 unspecified atom stereocenters. The molecule has 0 radical (unpaired) electrons. The van der Waals surface area contributed by atoms with Gasteiger partial charge in [-0.25, -0.2) is 23.6 Å². The highest BCUT2D eigenvalue weighted by Crippen LogP contribution is 2.32. The second-order valence-electron chi connectivity index (χ2n) is 9.09. The van der Waals surface area contributed by atoms with Crippen LogP contribution in [0.4, 0.5) is 10.2 Å². The van der Waals surface area contributed by atoms with Crippen molar-refractivity contribution in [2.45, 2.75) is 13.5 Å². The van der Waals surface area contributed by atoms with Gasteiger partial charge in [-0.05, 0) is 30.7 Å². The zero-order valence-electron chi connectivity index (χ0n) is 20.7. The molecule has 1 saturated heterocycles. The third-order valence-corrected chi connectivity index (χ3v) is 6.48. The monoisotopic (exact) mass is 519 g/mol. The minimum Gasteiger partial charge on any atom is -0.508 e. The fourth-order valence-corrected chi connectivity index (χ4v) is 4.63. The Labute approximate surface area is 216 Å². The van der Waals surface area contributed by atoms with E-state index in [0.29, 0.717) is 40.6 Å². The summed E-state index contributed by atoms with van der Waals surface area (Å²) in [5.41, 5.74) is 9.07. The van der Waals surface area contributed by atoms with Crippen LogP contribution in [-0.4, -0.2) is 83.8 Å². The van der Waals surface area contributed by atoms with E-state index < -0.39 is 5.82 Å². The molecule has 4 aromatic heterocycles. The van der Waals surface area contributed by atoms with Gasteiger partial charge in [-0.1, -0.05) is 0 Å². The first-order chi connectivity index (χ1) is 18.5. The van der Waals surface area contributed by atoms with E-state index in [9.17, 15) is 9.50 Å². The maximum atomic E-state index is 14.1.